The fourth-order valence-corrected chi connectivity index (χ4v) is 2.37. The van der Waals surface area contributed by atoms with Gasteiger partial charge in [0.25, 0.3) is 0 Å². The maximum absolute atomic E-state index is 12.1. The Morgan fingerprint density at radius 1 is 1.33 bits per heavy atom. The number of ether oxygens (including phenoxy) is 1. The van der Waals surface area contributed by atoms with Crippen LogP contribution in [-0.4, -0.2) is 24.7 Å². The average molecular weight is 329 g/mol. The van der Waals surface area contributed by atoms with Gasteiger partial charge < -0.3 is 19.6 Å². The Morgan fingerprint density at radius 2 is 2.04 bits per heavy atom. The molecule has 0 radical (unpaired) electrons. The number of para-hydroxylation sites is 1. The van der Waals surface area contributed by atoms with E-state index in [1.54, 1.807) is 33.1 Å². The molecule has 2 rings (SSSR count). The maximum atomic E-state index is 12.1. The Balaban J connectivity index is 2.04. The number of aliphatic hydroxyl groups is 1. The van der Waals surface area contributed by atoms with Crippen LogP contribution in [0.1, 0.15) is 30.9 Å². The van der Waals surface area contributed by atoms with E-state index in [0.29, 0.717) is 17.3 Å². The van der Waals surface area contributed by atoms with Gasteiger partial charge >= 0.3 is 0 Å². The monoisotopic (exact) mass is 329 g/mol. The molecule has 2 aromatic rings. The number of carbonyl (C=O) groups is 1. The number of amides is 1. The fraction of sp³-hybridized carbons (Fsp3) is 0.316. The maximum Gasteiger partial charge on any atom is 0.244 e. The number of allylic oxidation sites excluding steroid dienone is 1. The number of methoxy groups -OCH3 is 1. The topological polar surface area (TPSA) is 71.7 Å². The van der Waals surface area contributed by atoms with Crippen LogP contribution in [0.15, 0.2) is 46.9 Å². The van der Waals surface area contributed by atoms with Crippen molar-refractivity contribution < 1.29 is 19.1 Å². The predicted octanol–water partition coefficient (Wildman–Crippen LogP) is 3.02. The largest absolute Gasteiger partial charge is 0.496 e. The van der Waals surface area contributed by atoms with Crippen LogP contribution in [0.25, 0.3) is 5.57 Å². The second-order valence-electron chi connectivity index (χ2n) is 5.93. The van der Waals surface area contributed by atoms with E-state index >= 15 is 0 Å². The smallest absolute Gasteiger partial charge is 0.244 e. The summed E-state index contributed by atoms with van der Waals surface area (Å²) in [5.41, 5.74) is 0.359. The molecule has 1 heterocycles. The molecule has 1 aromatic carbocycles. The Bertz CT molecular complexity index is 743. The third kappa shape index (κ3) is 4.26. The molecular weight excluding hydrogens is 306 g/mol. The van der Waals surface area contributed by atoms with E-state index in [1.807, 2.05) is 31.2 Å². The highest BCUT2D eigenvalue weighted by Gasteiger charge is 2.27. The molecule has 5 nitrogen and oxygen atoms in total. The first-order chi connectivity index (χ1) is 11.3. The lowest BCUT2D eigenvalue weighted by atomic mass is 10.0. The molecule has 0 saturated heterocycles. The summed E-state index contributed by atoms with van der Waals surface area (Å²) in [4.78, 5) is 12.1. The van der Waals surface area contributed by atoms with E-state index in [0.717, 1.165) is 11.1 Å². The number of furan rings is 1. The molecule has 0 aliphatic heterocycles. The van der Waals surface area contributed by atoms with E-state index in [2.05, 4.69) is 5.32 Å². The molecule has 24 heavy (non-hydrogen) atoms. The highest BCUT2D eigenvalue weighted by atomic mass is 16.5. The minimum atomic E-state index is -1.27. The van der Waals surface area contributed by atoms with Gasteiger partial charge in [0.1, 0.15) is 22.9 Å². The molecule has 1 unspecified atom stereocenters. The Morgan fingerprint density at radius 3 is 2.67 bits per heavy atom. The summed E-state index contributed by atoms with van der Waals surface area (Å²) in [6, 6.07) is 11.0. The van der Waals surface area contributed by atoms with Crippen molar-refractivity contribution in [1.82, 2.24) is 5.32 Å². The second kappa shape index (κ2) is 7.36. The molecule has 0 saturated carbocycles. The van der Waals surface area contributed by atoms with Crippen LogP contribution < -0.4 is 10.1 Å². The minimum absolute atomic E-state index is 0.0501. The number of hydrogen-bond acceptors (Lipinski definition) is 4. The van der Waals surface area contributed by atoms with E-state index < -0.39 is 5.60 Å². The van der Waals surface area contributed by atoms with Crippen LogP contribution >= 0.6 is 0 Å². The van der Waals surface area contributed by atoms with Gasteiger partial charge in [0.05, 0.1) is 13.7 Å². The van der Waals surface area contributed by atoms with Gasteiger partial charge in [-0.05, 0) is 44.5 Å². The van der Waals surface area contributed by atoms with Crippen LogP contribution in [-0.2, 0) is 10.4 Å². The van der Waals surface area contributed by atoms with Gasteiger partial charge in [0.2, 0.25) is 5.91 Å². The number of aryl methyl sites for hydroxylation is 1. The molecule has 1 amide bonds. The normalized spacial score (nSPS) is 14.1. The van der Waals surface area contributed by atoms with E-state index in [1.165, 1.54) is 6.08 Å². The first-order valence-corrected chi connectivity index (χ1v) is 7.72. The lowest BCUT2D eigenvalue weighted by Crippen LogP contribution is -2.37. The zero-order valence-electron chi connectivity index (χ0n) is 14.4. The van der Waals surface area contributed by atoms with Gasteiger partial charge in [0.15, 0.2) is 0 Å². The summed E-state index contributed by atoms with van der Waals surface area (Å²) in [6.45, 7) is 5.29. The zero-order valence-corrected chi connectivity index (χ0v) is 14.4. The van der Waals surface area contributed by atoms with Crippen molar-refractivity contribution in [1.29, 1.82) is 0 Å². The Labute approximate surface area is 141 Å². The molecule has 0 spiro atoms. The first kappa shape index (κ1) is 17.8. The lowest BCUT2D eigenvalue weighted by molar-refractivity contribution is -0.117. The van der Waals surface area contributed by atoms with E-state index in [4.69, 9.17) is 9.15 Å². The molecule has 2 N–H and O–H groups in total. The van der Waals surface area contributed by atoms with Crippen molar-refractivity contribution >= 4 is 11.5 Å². The van der Waals surface area contributed by atoms with Gasteiger partial charge in [-0.15, -0.1) is 0 Å². The summed E-state index contributed by atoms with van der Waals surface area (Å²) >= 11 is 0. The third-order valence-electron chi connectivity index (χ3n) is 3.76. The number of hydrogen-bond donors (Lipinski definition) is 2. The molecule has 1 aromatic heterocycles. The fourth-order valence-electron chi connectivity index (χ4n) is 2.37. The zero-order chi connectivity index (χ0) is 17.7. The van der Waals surface area contributed by atoms with E-state index in [9.17, 15) is 9.90 Å². The summed E-state index contributed by atoms with van der Waals surface area (Å²) in [5.74, 6) is 1.55. The second-order valence-corrected chi connectivity index (χ2v) is 5.93. The van der Waals surface area contributed by atoms with Crippen molar-refractivity contribution in [3.8, 4) is 5.75 Å². The third-order valence-corrected chi connectivity index (χ3v) is 3.76. The van der Waals surface area contributed by atoms with Crippen molar-refractivity contribution in [3.63, 3.8) is 0 Å². The number of benzene rings is 1. The van der Waals surface area contributed by atoms with E-state index in [-0.39, 0.29) is 12.5 Å². The van der Waals surface area contributed by atoms with Crippen molar-refractivity contribution in [2.45, 2.75) is 26.4 Å². The Kier molecular flexibility index (Phi) is 5.46. The number of rotatable bonds is 6. The molecule has 0 fully saturated rings. The summed E-state index contributed by atoms with van der Waals surface area (Å²) in [6.07, 6.45) is 1.49. The van der Waals surface area contributed by atoms with Gasteiger partial charge in [-0.3, -0.25) is 4.79 Å². The first-order valence-electron chi connectivity index (χ1n) is 7.72. The van der Waals surface area contributed by atoms with Crippen LogP contribution in [0.5, 0.6) is 5.75 Å². The lowest BCUT2D eigenvalue weighted by Gasteiger charge is -2.21. The highest BCUT2D eigenvalue weighted by molar-refractivity contribution is 5.95. The SMILES string of the molecule is COc1ccccc1/C(C)=C/C(=O)NCC(C)(O)c1ccc(C)o1. The molecule has 128 valence electrons. The number of nitrogens with one attached hydrogen (secondary N) is 1. The summed E-state index contributed by atoms with van der Waals surface area (Å²) in [5, 5.41) is 13.1. The van der Waals surface area contributed by atoms with Crippen molar-refractivity contribution in [3.05, 3.63) is 59.6 Å². The average Bonchev–Trinajstić information content (AvgIpc) is 3.00. The molecule has 0 aliphatic rings. The molecule has 0 bridgehead atoms. The van der Waals surface area contributed by atoms with Crippen LogP contribution in [0, 0.1) is 6.92 Å². The minimum Gasteiger partial charge on any atom is -0.496 e. The number of carbonyl (C=O) groups excluding carboxylic acids is 1. The molecule has 0 aliphatic carbocycles. The van der Waals surface area contributed by atoms with Crippen molar-refractivity contribution in [2.75, 3.05) is 13.7 Å². The van der Waals surface area contributed by atoms with Gasteiger partial charge in [-0.25, -0.2) is 0 Å². The van der Waals surface area contributed by atoms with Crippen LogP contribution in [0.2, 0.25) is 0 Å². The van der Waals surface area contributed by atoms with Crippen LogP contribution in [0.4, 0.5) is 0 Å². The predicted molar refractivity (Wildman–Crippen MR) is 92.7 cm³/mol. The van der Waals surface area contributed by atoms with Gasteiger partial charge in [0, 0.05) is 11.6 Å². The molecular formula is C19H23NO4. The summed E-state index contributed by atoms with van der Waals surface area (Å²) in [7, 11) is 1.59. The van der Waals surface area contributed by atoms with Crippen molar-refractivity contribution in [2.24, 2.45) is 0 Å². The standard InChI is InChI=1S/C19H23NO4/c1-13(15-7-5-6-8-16(15)23-4)11-18(21)20-12-19(3,22)17-10-9-14(2)24-17/h5-11,22H,12H2,1-4H3,(H,20,21)/b13-11+. The van der Waals surface area contributed by atoms with Gasteiger partial charge in [-0.1, -0.05) is 18.2 Å². The Hall–Kier alpha value is -2.53. The summed E-state index contributed by atoms with van der Waals surface area (Å²) < 4.78 is 10.7. The highest BCUT2D eigenvalue weighted by Crippen LogP contribution is 2.25. The quantitative estimate of drug-likeness (QED) is 0.799. The molecule has 5 heteroatoms. The van der Waals surface area contributed by atoms with Gasteiger partial charge in [-0.2, -0.15) is 0 Å². The molecule has 1 atom stereocenters. The van der Waals surface area contributed by atoms with Crippen LogP contribution in [0.3, 0.4) is 0 Å².